The van der Waals surface area contributed by atoms with E-state index in [2.05, 4.69) is 43.1 Å². The van der Waals surface area contributed by atoms with E-state index in [1.165, 1.54) is 12.0 Å². The van der Waals surface area contributed by atoms with Crippen LogP contribution in [-0.4, -0.2) is 45.7 Å². The minimum absolute atomic E-state index is 0.0441. The summed E-state index contributed by atoms with van der Waals surface area (Å²) in [5.74, 6) is 0.137. The fourth-order valence-electron chi connectivity index (χ4n) is 5.46. The molecule has 32 heavy (non-hydrogen) atoms. The number of carbonyl (C=O) groups is 2. The van der Waals surface area contributed by atoms with Crippen LogP contribution in [0.25, 0.3) is 10.9 Å². The van der Waals surface area contributed by atoms with Gasteiger partial charge in [-0.05, 0) is 36.1 Å². The van der Waals surface area contributed by atoms with E-state index in [4.69, 9.17) is 0 Å². The molecule has 0 radical (unpaired) electrons. The van der Waals surface area contributed by atoms with E-state index in [-0.39, 0.29) is 24.4 Å². The third-order valence-corrected chi connectivity index (χ3v) is 7.11. The van der Waals surface area contributed by atoms with Crippen molar-refractivity contribution in [2.45, 2.75) is 58.0 Å². The third kappa shape index (κ3) is 3.40. The van der Waals surface area contributed by atoms with Gasteiger partial charge in [-0.1, -0.05) is 68.7 Å². The lowest BCUT2D eigenvalue weighted by molar-refractivity contribution is -0.158. The number of aryl methyl sites for hydroxylation is 1. The van der Waals surface area contributed by atoms with Gasteiger partial charge in [-0.25, -0.2) is 0 Å². The SMILES string of the molecule is CCCCCCN1CC(=O)N2[C@H](c3ccccc3C)c3[nH]c4ccccc4c3C[C@H]2C1=O. The molecule has 1 aromatic heterocycles. The van der Waals surface area contributed by atoms with Crippen LogP contribution in [0.15, 0.2) is 48.5 Å². The molecule has 0 unspecified atom stereocenters. The zero-order valence-corrected chi connectivity index (χ0v) is 18.9. The van der Waals surface area contributed by atoms with E-state index in [1.807, 2.05) is 29.2 Å². The number of aromatic nitrogens is 1. The molecule has 5 rings (SSSR count). The molecule has 5 nitrogen and oxygen atoms in total. The van der Waals surface area contributed by atoms with Crippen LogP contribution in [0.5, 0.6) is 0 Å². The molecule has 166 valence electrons. The van der Waals surface area contributed by atoms with E-state index in [9.17, 15) is 9.59 Å². The molecule has 0 spiro atoms. The molecule has 1 N–H and O–H groups in total. The molecule has 5 heteroatoms. The zero-order chi connectivity index (χ0) is 22.2. The van der Waals surface area contributed by atoms with Crippen LogP contribution in [0.1, 0.15) is 61.0 Å². The predicted octanol–water partition coefficient (Wildman–Crippen LogP) is 4.74. The molecule has 2 aliphatic heterocycles. The number of amides is 2. The Bertz CT molecular complexity index is 1160. The number of carbonyl (C=O) groups excluding carboxylic acids is 2. The number of unbranched alkanes of at least 4 members (excludes halogenated alkanes) is 3. The van der Waals surface area contributed by atoms with Crippen molar-refractivity contribution in [3.05, 3.63) is 70.9 Å². The molecular weight excluding hydrogens is 398 g/mol. The minimum atomic E-state index is -0.446. The number of piperazine rings is 1. The largest absolute Gasteiger partial charge is 0.356 e. The first-order chi connectivity index (χ1) is 15.6. The Morgan fingerprint density at radius 2 is 1.78 bits per heavy atom. The van der Waals surface area contributed by atoms with Gasteiger partial charge in [0.05, 0.1) is 12.6 Å². The first-order valence-corrected chi connectivity index (χ1v) is 11.8. The van der Waals surface area contributed by atoms with Gasteiger partial charge in [0.25, 0.3) is 0 Å². The number of rotatable bonds is 6. The van der Waals surface area contributed by atoms with Crippen molar-refractivity contribution in [1.82, 2.24) is 14.8 Å². The molecule has 1 fully saturated rings. The van der Waals surface area contributed by atoms with Crippen LogP contribution in [-0.2, 0) is 16.0 Å². The number of para-hydroxylation sites is 1. The predicted molar refractivity (Wildman–Crippen MR) is 126 cm³/mol. The lowest BCUT2D eigenvalue weighted by Crippen LogP contribution is -2.63. The fourth-order valence-corrected chi connectivity index (χ4v) is 5.46. The van der Waals surface area contributed by atoms with Gasteiger partial charge in [-0.2, -0.15) is 0 Å². The van der Waals surface area contributed by atoms with Gasteiger partial charge in [-0.3, -0.25) is 9.59 Å². The number of benzene rings is 2. The summed E-state index contributed by atoms with van der Waals surface area (Å²) < 4.78 is 0. The van der Waals surface area contributed by atoms with Crippen molar-refractivity contribution in [2.75, 3.05) is 13.1 Å². The molecule has 0 saturated carbocycles. The van der Waals surface area contributed by atoms with E-state index in [0.717, 1.165) is 47.0 Å². The Morgan fingerprint density at radius 1 is 1.00 bits per heavy atom. The smallest absolute Gasteiger partial charge is 0.246 e. The normalized spacial score (nSPS) is 20.6. The van der Waals surface area contributed by atoms with Gasteiger partial charge < -0.3 is 14.8 Å². The second-order valence-corrected chi connectivity index (χ2v) is 9.16. The number of hydrogen-bond acceptors (Lipinski definition) is 2. The van der Waals surface area contributed by atoms with Gasteiger partial charge in [-0.15, -0.1) is 0 Å². The van der Waals surface area contributed by atoms with E-state index < -0.39 is 6.04 Å². The standard InChI is InChI=1S/C27H31N3O2/c1-3-4-5-10-15-29-17-24(31)30-23(27(29)32)16-21-20-13-8-9-14-22(20)28-25(21)26(30)19-12-7-6-11-18(19)2/h6-9,11-14,23,26,28H,3-5,10,15-17H2,1-2H3/t23-,26+/m0/s1. The van der Waals surface area contributed by atoms with Crippen molar-refractivity contribution in [3.8, 4) is 0 Å². The zero-order valence-electron chi connectivity index (χ0n) is 18.9. The number of H-pyrrole nitrogens is 1. The van der Waals surface area contributed by atoms with Gasteiger partial charge in [0.1, 0.15) is 6.04 Å². The molecule has 1 saturated heterocycles. The summed E-state index contributed by atoms with van der Waals surface area (Å²) in [6.07, 6.45) is 4.95. The molecule has 3 heterocycles. The first-order valence-electron chi connectivity index (χ1n) is 11.8. The van der Waals surface area contributed by atoms with Crippen molar-refractivity contribution in [1.29, 1.82) is 0 Å². The van der Waals surface area contributed by atoms with Crippen molar-refractivity contribution in [2.24, 2.45) is 0 Å². The maximum Gasteiger partial charge on any atom is 0.246 e. The Morgan fingerprint density at radius 3 is 2.59 bits per heavy atom. The highest BCUT2D eigenvalue weighted by Crippen LogP contribution is 2.43. The lowest BCUT2D eigenvalue weighted by Gasteiger charge is -2.47. The average molecular weight is 430 g/mol. The highest BCUT2D eigenvalue weighted by molar-refractivity contribution is 5.97. The molecule has 0 bridgehead atoms. The Balaban J connectivity index is 1.58. The van der Waals surface area contributed by atoms with Crippen molar-refractivity contribution >= 4 is 22.7 Å². The highest BCUT2D eigenvalue weighted by atomic mass is 16.2. The quantitative estimate of drug-likeness (QED) is 0.576. The van der Waals surface area contributed by atoms with E-state index in [1.54, 1.807) is 4.90 Å². The van der Waals surface area contributed by atoms with Crippen LogP contribution in [0.3, 0.4) is 0 Å². The summed E-state index contributed by atoms with van der Waals surface area (Å²) >= 11 is 0. The first kappa shape index (κ1) is 20.8. The number of nitrogens with one attached hydrogen (secondary N) is 1. The van der Waals surface area contributed by atoms with Crippen LogP contribution in [0.4, 0.5) is 0 Å². The molecular formula is C27H31N3O2. The van der Waals surface area contributed by atoms with Crippen molar-refractivity contribution < 1.29 is 9.59 Å². The molecule has 3 aromatic rings. The summed E-state index contributed by atoms with van der Waals surface area (Å²) in [4.78, 5) is 34.4. The van der Waals surface area contributed by atoms with Crippen LogP contribution in [0.2, 0.25) is 0 Å². The Hall–Kier alpha value is -3.08. The molecule has 2 aromatic carbocycles. The van der Waals surface area contributed by atoms with Gasteiger partial charge in [0.15, 0.2) is 0 Å². The minimum Gasteiger partial charge on any atom is -0.356 e. The van der Waals surface area contributed by atoms with Crippen molar-refractivity contribution in [3.63, 3.8) is 0 Å². The molecule has 2 aliphatic rings. The molecule has 0 aliphatic carbocycles. The van der Waals surface area contributed by atoms with Crippen LogP contribution >= 0.6 is 0 Å². The summed E-state index contributed by atoms with van der Waals surface area (Å²) in [7, 11) is 0. The van der Waals surface area contributed by atoms with Gasteiger partial charge >= 0.3 is 0 Å². The second-order valence-electron chi connectivity index (χ2n) is 9.16. The van der Waals surface area contributed by atoms with Crippen LogP contribution in [0, 0.1) is 6.92 Å². The number of aromatic amines is 1. The Labute approximate surface area is 189 Å². The summed E-state index contributed by atoms with van der Waals surface area (Å²) in [5.41, 5.74) is 5.50. The van der Waals surface area contributed by atoms with Crippen LogP contribution < -0.4 is 0 Å². The number of hydrogen-bond donors (Lipinski definition) is 1. The molecule has 2 amide bonds. The van der Waals surface area contributed by atoms with E-state index in [0.29, 0.717) is 13.0 Å². The lowest BCUT2D eigenvalue weighted by atomic mass is 9.85. The average Bonchev–Trinajstić information content (AvgIpc) is 3.17. The summed E-state index contributed by atoms with van der Waals surface area (Å²) in [6, 6.07) is 15.8. The van der Waals surface area contributed by atoms with Gasteiger partial charge in [0.2, 0.25) is 11.8 Å². The number of fused-ring (bicyclic) bond motifs is 4. The summed E-state index contributed by atoms with van der Waals surface area (Å²) in [5, 5.41) is 1.15. The number of nitrogens with zero attached hydrogens (tertiary/aromatic N) is 2. The third-order valence-electron chi connectivity index (χ3n) is 7.11. The monoisotopic (exact) mass is 429 g/mol. The van der Waals surface area contributed by atoms with Gasteiger partial charge in [0, 0.05) is 29.6 Å². The maximum atomic E-state index is 13.6. The summed E-state index contributed by atoms with van der Waals surface area (Å²) in [6.45, 7) is 5.11. The topological polar surface area (TPSA) is 56.4 Å². The molecule has 2 atom stereocenters. The van der Waals surface area contributed by atoms with E-state index >= 15 is 0 Å². The second kappa shape index (κ2) is 8.45. The Kier molecular flexibility index (Phi) is 5.50. The highest BCUT2D eigenvalue weighted by Gasteiger charge is 2.48. The maximum absolute atomic E-state index is 13.6. The fraction of sp³-hybridized carbons (Fsp3) is 0.407.